The molecule has 0 radical (unpaired) electrons. The van der Waals surface area contributed by atoms with Gasteiger partial charge in [-0.1, -0.05) is 37.6 Å². The molecule has 0 unspecified atom stereocenters. The molecule has 0 aromatic heterocycles. The van der Waals surface area contributed by atoms with E-state index in [9.17, 15) is 0 Å². The van der Waals surface area contributed by atoms with E-state index in [0.29, 0.717) is 5.41 Å². The fourth-order valence-corrected chi connectivity index (χ4v) is 3.66. The molecule has 0 fully saturated rings. The minimum Gasteiger partial charge on any atom is -0.0683 e. The zero-order valence-electron chi connectivity index (χ0n) is 11.3. The van der Waals surface area contributed by atoms with E-state index in [2.05, 4.69) is 39.0 Å². The Hall–Kier alpha value is -1.04. The largest absolute Gasteiger partial charge is 0.0683 e. The van der Waals surface area contributed by atoms with E-state index in [1.54, 1.807) is 22.3 Å². The van der Waals surface area contributed by atoms with Crippen LogP contribution in [0.2, 0.25) is 0 Å². The zero-order valence-corrected chi connectivity index (χ0v) is 11.3. The van der Waals surface area contributed by atoms with Crippen LogP contribution in [0.5, 0.6) is 0 Å². The van der Waals surface area contributed by atoms with Crippen molar-refractivity contribution >= 4 is 6.08 Å². The highest BCUT2D eigenvalue weighted by Gasteiger charge is 2.36. The highest BCUT2D eigenvalue weighted by atomic mass is 14.4. The molecule has 0 amide bonds. The van der Waals surface area contributed by atoms with Gasteiger partial charge in [0, 0.05) is 0 Å². The van der Waals surface area contributed by atoms with Gasteiger partial charge in [-0.2, -0.15) is 0 Å². The lowest BCUT2D eigenvalue weighted by Gasteiger charge is -2.25. The third kappa shape index (κ3) is 1.57. The number of hydrogen-bond donors (Lipinski definition) is 0. The molecular weight excluding hydrogens is 204 g/mol. The minimum absolute atomic E-state index is 0.557. The quantitative estimate of drug-likeness (QED) is 0.694. The van der Waals surface area contributed by atoms with Gasteiger partial charge >= 0.3 is 0 Å². The lowest BCUT2D eigenvalue weighted by atomic mass is 9.79. The van der Waals surface area contributed by atoms with Crippen LogP contribution in [0.3, 0.4) is 0 Å². The van der Waals surface area contributed by atoms with Gasteiger partial charge in [0.25, 0.3) is 0 Å². The third-order valence-corrected chi connectivity index (χ3v) is 5.02. The monoisotopic (exact) mass is 226 g/mol. The van der Waals surface area contributed by atoms with Crippen LogP contribution in [0.1, 0.15) is 55.9 Å². The SMILES string of the molecule is CCC1(CC)Cc2ccc3c(c2C1)C=C(C)C3. The zero-order chi connectivity index (χ0) is 12.0. The topological polar surface area (TPSA) is 0 Å². The second-order valence-electron chi connectivity index (χ2n) is 6.00. The second kappa shape index (κ2) is 3.73. The summed E-state index contributed by atoms with van der Waals surface area (Å²) in [6.45, 7) is 6.97. The highest BCUT2D eigenvalue weighted by molar-refractivity contribution is 5.68. The van der Waals surface area contributed by atoms with Crippen LogP contribution in [-0.2, 0) is 19.3 Å². The maximum Gasteiger partial charge on any atom is -0.00605 e. The Kier molecular flexibility index (Phi) is 2.43. The van der Waals surface area contributed by atoms with E-state index in [1.807, 2.05) is 0 Å². The normalized spacial score (nSPS) is 20.1. The van der Waals surface area contributed by atoms with Crippen LogP contribution in [-0.4, -0.2) is 0 Å². The number of benzene rings is 1. The summed E-state index contributed by atoms with van der Waals surface area (Å²) in [5, 5.41) is 0. The Labute approximate surface area is 105 Å². The van der Waals surface area contributed by atoms with Gasteiger partial charge in [-0.3, -0.25) is 0 Å². The van der Waals surface area contributed by atoms with Gasteiger partial charge in [0.05, 0.1) is 0 Å². The second-order valence-corrected chi connectivity index (χ2v) is 6.00. The molecule has 2 aliphatic rings. The number of allylic oxidation sites excluding steroid dienone is 1. The summed E-state index contributed by atoms with van der Waals surface area (Å²) >= 11 is 0. The van der Waals surface area contributed by atoms with Gasteiger partial charge in [0.2, 0.25) is 0 Å². The average molecular weight is 226 g/mol. The van der Waals surface area contributed by atoms with E-state index in [-0.39, 0.29) is 0 Å². The van der Waals surface area contributed by atoms with Gasteiger partial charge in [-0.25, -0.2) is 0 Å². The molecule has 0 saturated carbocycles. The lowest BCUT2D eigenvalue weighted by Crippen LogP contribution is -2.18. The molecule has 0 bridgehead atoms. The molecular formula is C17H22. The van der Waals surface area contributed by atoms with Crippen molar-refractivity contribution in [2.75, 3.05) is 0 Å². The standard InChI is InChI=1S/C17H22/c1-4-17(5-2)10-14-7-6-13-8-12(3)9-15(13)16(14)11-17/h6-7,9H,4-5,8,10-11H2,1-3H3. The molecule has 0 saturated heterocycles. The Morgan fingerprint density at radius 1 is 1.06 bits per heavy atom. The summed E-state index contributed by atoms with van der Waals surface area (Å²) in [6, 6.07) is 4.76. The van der Waals surface area contributed by atoms with Gasteiger partial charge in [0.15, 0.2) is 0 Å². The van der Waals surface area contributed by atoms with Crippen molar-refractivity contribution in [1.82, 2.24) is 0 Å². The first-order valence-electron chi connectivity index (χ1n) is 6.98. The van der Waals surface area contributed by atoms with Crippen molar-refractivity contribution < 1.29 is 0 Å². The van der Waals surface area contributed by atoms with Gasteiger partial charge < -0.3 is 0 Å². The molecule has 17 heavy (non-hydrogen) atoms. The predicted octanol–water partition coefficient (Wildman–Crippen LogP) is 4.55. The smallest absolute Gasteiger partial charge is 0.00605 e. The summed E-state index contributed by atoms with van der Waals surface area (Å²) in [5.41, 5.74) is 8.51. The minimum atomic E-state index is 0.557. The first-order chi connectivity index (χ1) is 8.17. The van der Waals surface area contributed by atoms with Crippen molar-refractivity contribution in [3.8, 4) is 0 Å². The molecule has 90 valence electrons. The fraction of sp³-hybridized carbons (Fsp3) is 0.529. The van der Waals surface area contributed by atoms with Gasteiger partial charge in [-0.05, 0) is 66.7 Å². The maximum absolute atomic E-state index is 2.43. The van der Waals surface area contributed by atoms with Crippen molar-refractivity contribution in [3.05, 3.63) is 40.0 Å². The molecule has 1 aromatic rings. The molecule has 3 rings (SSSR count). The number of rotatable bonds is 2. The molecule has 0 N–H and O–H groups in total. The molecule has 2 aliphatic carbocycles. The average Bonchev–Trinajstić information content (AvgIpc) is 2.88. The van der Waals surface area contributed by atoms with Crippen molar-refractivity contribution in [1.29, 1.82) is 0 Å². The first-order valence-corrected chi connectivity index (χ1v) is 6.98. The van der Waals surface area contributed by atoms with Gasteiger partial charge in [0.1, 0.15) is 0 Å². The van der Waals surface area contributed by atoms with Crippen LogP contribution in [0.4, 0.5) is 0 Å². The van der Waals surface area contributed by atoms with Crippen LogP contribution in [0.25, 0.3) is 6.08 Å². The van der Waals surface area contributed by atoms with E-state index in [1.165, 1.54) is 37.7 Å². The van der Waals surface area contributed by atoms with E-state index in [4.69, 9.17) is 0 Å². The van der Waals surface area contributed by atoms with Crippen LogP contribution in [0, 0.1) is 5.41 Å². The lowest BCUT2D eigenvalue weighted by molar-refractivity contribution is 0.280. The summed E-state index contributed by atoms with van der Waals surface area (Å²) in [4.78, 5) is 0. The third-order valence-electron chi connectivity index (χ3n) is 5.02. The maximum atomic E-state index is 2.43. The van der Waals surface area contributed by atoms with Gasteiger partial charge in [-0.15, -0.1) is 0 Å². The van der Waals surface area contributed by atoms with E-state index >= 15 is 0 Å². The number of hydrogen-bond acceptors (Lipinski definition) is 0. The summed E-state index contributed by atoms with van der Waals surface area (Å²) < 4.78 is 0. The van der Waals surface area contributed by atoms with E-state index in [0.717, 1.165) is 0 Å². The summed E-state index contributed by atoms with van der Waals surface area (Å²) in [6.07, 6.45) is 8.84. The highest BCUT2D eigenvalue weighted by Crippen LogP contribution is 2.45. The van der Waals surface area contributed by atoms with Crippen molar-refractivity contribution in [3.63, 3.8) is 0 Å². The van der Waals surface area contributed by atoms with Crippen molar-refractivity contribution in [2.45, 2.75) is 52.9 Å². The van der Waals surface area contributed by atoms with Crippen LogP contribution >= 0.6 is 0 Å². The predicted molar refractivity (Wildman–Crippen MR) is 74.2 cm³/mol. The Morgan fingerprint density at radius 3 is 2.47 bits per heavy atom. The van der Waals surface area contributed by atoms with Crippen molar-refractivity contribution in [2.24, 2.45) is 5.41 Å². The molecule has 0 nitrogen and oxygen atoms in total. The Bertz CT molecular complexity index is 487. The fourth-order valence-electron chi connectivity index (χ4n) is 3.66. The molecule has 0 aliphatic heterocycles. The Balaban J connectivity index is 2.07. The molecule has 0 heterocycles. The molecule has 0 spiro atoms. The summed E-state index contributed by atoms with van der Waals surface area (Å²) in [7, 11) is 0. The molecule has 0 heteroatoms. The summed E-state index contributed by atoms with van der Waals surface area (Å²) in [5.74, 6) is 0. The first kappa shape index (κ1) is 11.1. The van der Waals surface area contributed by atoms with Crippen LogP contribution < -0.4 is 0 Å². The molecule has 0 atom stereocenters. The molecule has 1 aromatic carbocycles. The Morgan fingerprint density at radius 2 is 1.76 bits per heavy atom. The van der Waals surface area contributed by atoms with E-state index < -0.39 is 0 Å². The van der Waals surface area contributed by atoms with Crippen LogP contribution in [0.15, 0.2) is 17.7 Å². The number of fused-ring (bicyclic) bond motifs is 3.